The predicted octanol–water partition coefficient (Wildman–Crippen LogP) is 14.9. The fraction of sp³-hybridized carbons (Fsp3) is 0. The maximum Gasteiger partial charge on any atom is 0.164 e. The molecule has 5 heteroatoms. The first kappa shape index (κ1) is 33.3. The van der Waals surface area contributed by atoms with Crippen molar-refractivity contribution in [2.45, 2.75) is 0 Å². The molecule has 60 heavy (non-hydrogen) atoms. The van der Waals surface area contributed by atoms with Gasteiger partial charge in [0.05, 0.1) is 16.6 Å². The fourth-order valence-electron chi connectivity index (χ4n) is 9.33. The highest BCUT2D eigenvalue weighted by molar-refractivity contribution is 7.26. The maximum atomic E-state index is 5.28. The Morgan fingerprint density at radius 2 is 0.883 bits per heavy atom. The van der Waals surface area contributed by atoms with E-state index in [0.29, 0.717) is 17.5 Å². The highest BCUT2D eigenvalue weighted by Crippen LogP contribution is 2.46. The Morgan fingerprint density at radius 3 is 1.75 bits per heavy atom. The van der Waals surface area contributed by atoms with E-state index < -0.39 is 0 Å². The monoisotopic (exact) mass is 780 g/mol. The Morgan fingerprint density at radius 1 is 0.317 bits per heavy atom. The van der Waals surface area contributed by atoms with E-state index in [-0.39, 0.29) is 0 Å². The molecule has 13 aromatic rings. The summed E-state index contributed by atoms with van der Waals surface area (Å²) in [6.45, 7) is 0. The molecular weight excluding hydrogens is 749 g/mol. The minimum absolute atomic E-state index is 0.631. The van der Waals surface area contributed by atoms with Gasteiger partial charge in [0.25, 0.3) is 0 Å². The van der Waals surface area contributed by atoms with E-state index >= 15 is 0 Å². The molecule has 9 aromatic carbocycles. The molecule has 0 aliphatic rings. The fourth-order valence-corrected chi connectivity index (χ4v) is 10.5. The van der Waals surface area contributed by atoms with Gasteiger partial charge < -0.3 is 4.40 Å². The maximum absolute atomic E-state index is 5.28. The summed E-state index contributed by atoms with van der Waals surface area (Å²) in [6, 6.07) is 69.6. The van der Waals surface area contributed by atoms with Crippen LogP contribution >= 0.6 is 11.3 Å². The van der Waals surface area contributed by atoms with Crippen LogP contribution in [-0.2, 0) is 0 Å². The van der Waals surface area contributed by atoms with Gasteiger partial charge in [0, 0.05) is 53.0 Å². The number of nitrogens with zero attached hydrogens (tertiary/aromatic N) is 4. The van der Waals surface area contributed by atoms with Gasteiger partial charge in [-0.2, -0.15) is 0 Å². The van der Waals surface area contributed by atoms with Crippen LogP contribution in [0.25, 0.3) is 125 Å². The van der Waals surface area contributed by atoms with Crippen LogP contribution in [-0.4, -0.2) is 19.4 Å². The number of aromatic nitrogens is 4. The summed E-state index contributed by atoms with van der Waals surface area (Å²) in [4.78, 5) is 15.7. The molecule has 0 atom stereocenters. The third-order valence-corrected chi connectivity index (χ3v) is 13.3. The predicted molar refractivity (Wildman–Crippen MR) is 252 cm³/mol. The number of thiophene rings is 1. The molecule has 4 aromatic heterocycles. The normalized spacial score (nSPS) is 12.0. The SMILES string of the molecule is c1ccc(-c2ccc(-c3nc(-c4cccc(-c5ccc6ccccc6c5)c4)nc(-c4ccc5c6ccc7sc8cccc9c%10ccccc%10n(c5c4)c6c7c89)n3)cc2)cc1. The molecule has 4 nitrogen and oxygen atoms in total. The molecule has 0 fully saturated rings. The van der Waals surface area contributed by atoms with E-state index in [1.807, 2.05) is 17.4 Å². The van der Waals surface area contributed by atoms with Crippen molar-refractivity contribution in [1.29, 1.82) is 0 Å². The van der Waals surface area contributed by atoms with Gasteiger partial charge in [0.2, 0.25) is 0 Å². The van der Waals surface area contributed by atoms with Crippen molar-refractivity contribution in [2.24, 2.45) is 0 Å². The van der Waals surface area contributed by atoms with Gasteiger partial charge in [-0.05, 0) is 74.8 Å². The Labute approximate surface area is 348 Å². The van der Waals surface area contributed by atoms with Crippen LogP contribution < -0.4 is 0 Å². The van der Waals surface area contributed by atoms with Crippen LogP contribution in [0.5, 0.6) is 0 Å². The summed E-state index contributed by atoms with van der Waals surface area (Å²) in [5.74, 6) is 1.89. The highest BCUT2D eigenvalue weighted by Gasteiger charge is 2.21. The van der Waals surface area contributed by atoms with Crippen molar-refractivity contribution in [3.8, 4) is 56.4 Å². The third-order valence-electron chi connectivity index (χ3n) is 12.2. The molecule has 0 radical (unpaired) electrons. The van der Waals surface area contributed by atoms with Gasteiger partial charge in [0.1, 0.15) is 0 Å². The summed E-state index contributed by atoms with van der Waals surface area (Å²) in [5.41, 5.74) is 10.9. The van der Waals surface area contributed by atoms with Gasteiger partial charge in [-0.15, -0.1) is 11.3 Å². The first-order chi connectivity index (χ1) is 29.7. The lowest BCUT2D eigenvalue weighted by molar-refractivity contribution is 1.07. The zero-order chi connectivity index (χ0) is 39.3. The standard InChI is InChI=1S/C55H32N4S/c1-2-10-33(11-3-1)35-20-23-36(24-21-35)53-56-54(40-15-8-14-38(31-40)39-25-22-34-12-4-5-13-37(34)30-39)58-55(57-53)41-26-27-43-45-28-29-49-51-50-44(17-9-19-48(50)60-49)42-16-6-7-18-46(42)59(52(45)51)47(43)32-41/h1-32H. The number of rotatable bonds is 5. The summed E-state index contributed by atoms with van der Waals surface area (Å²) < 4.78 is 5.10. The molecule has 13 rings (SSSR count). The molecule has 0 spiro atoms. The van der Waals surface area contributed by atoms with Crippen LogP contribution in [0.4, 0.5) is 0 Å². The molecule has 0 N–H and O–H groups in total. The number of fused-ring (bicyclic) bond motifs is 7. The summed E-state index contributed by atoms with van der Waals surface area (Å²) in [7, 11) is 0. The van der Waals surface area contributed by atoms with Crippen LogP contribution in [0.15, 0.2) is 194 Å². The summed E-state index contributed by atoms with van der Waals surface area (Å²) in [6.07, 6.45) is 0. The van der Waals surface area contributed by atoms with Crippen LogP contribution in [0.3, 0.4) is 0 Å². The number of para-hydroxylation sites is 1. The number of hydrogen-bond donors (Lipinski definition) is 0. The van der Waals surface area contributed by atoms with Crippen LogP contribution in [0.1, 0.15) is 0 Å². The Balaban J connectivity index is 1.04. The zero-order valence-corrected chi connectivity index (χ0v) is 33.0. The quantitative estimate of drug-likeness (QED) is 0.175. The Bertz CT molecular complexity index is 3830. The lowest BCUT2D eigenvalue weighted by Gasteiger charge is -2.11. The molecule has 0 aliphatic heterocycles. The van der Waals surface area contributed by atoms with Gasteiger partial charge in [-0.3, -0.25) is 0 Å². The van der Waals surface area contributed by atoms with E-state index in [1.165, 1.54) is 69.1 Å². The number of benzene rings is 9. The molecule has 0 amide bonds. The highest BCUT2D eigenvalue weighted by atomic mass is 32.1. The molecule has 0 saturated carbocycles. The summed E-state index contributed by atoms with van der Waals surface area (Å²) >= 11 is 1.88. The van der Waals surface area contributed by atoms with Gasteiger partial charge in [-0.1, -0.05) is 158 Å². The van der Waals surface area contributed by atoms with Gasteiger partial charge in [0.15, 0.2) is 17.5 Å². The van der Waals surface area contributed by atoms with Crippen molar-refractivity contribution >= 4 is 80.4 Å². The molecular formula is C55H32N4S. The lowest BCUT2D eigenvalue weighted by Crippen LogP contribution is -2.00. The third kappa shape index (κ3) is 5.06. The second kappa shape index (κ2) is 12.9. The average molecular weight is 781 g/mol. The molecule has 4 heterocycles. The smallest absolute Gasteiger partial charge is 0.164 e. The molecule has 278 valence electrons. The van der Waals surface area contributed by atoms with E-state index in [1.54, 1.807) is 0 Å². The van der Waals surface area contributed by atoms with Gasteiger partial charge >= 0.3 is 0 Å². The van der Waals surface area contributed by atoms with Crippen molar-refractivity contribution in [2.75, 3.05) is 0 Å². The Hall–Kier alpha value is -7.73. The molecule has 0 aliphatic carbocycles. The second-order valence-corrected chi connectivity index (χ2v) is 16.7. The van der Waals surface area contributed by atoms with Crippen LogP contribution in [0.2, 0.25) is 0 Å². The molecule has 0 bridgehead atoms. The first-order valence-corrected chi connectivity index (χ1v) is 21.1. The van der Waals surface area contributed by atoms with E-state index in [0.717, 1.165) is 38.9 Å². The molecule has 0 unspecified atom stereocenters. The topological polar surface area (TPSA) is 43.1 Å². The van der Waals surface area contributed by atoms with E-state index in [9.17, 15) is 0 Å². The summed E-state index contributed by atoms with van der Waals surface area (Å²) in [5, 5.41) is 10.1. The number of hydrogen-bond acceptors (Lipinski definition) is 4. The van der Waals surface area contributed by atoms with Crippen LogP contribution in [0, 0.1) is 0 Å². The lowest BCUT2D eigenvalue weighted by atomic mass is 9.99. The van der Waals surface area contributed by atoms with Crippen molar-refractivity contribution < 1.29 is 0 Å². The van der Waals surface area contributed by atoms with E-state index in [2.05, 4.69) is 192 Å². The van der Waals surface area contributed by atoms with Gasteiger partial charge in [-0.25, -0.2) is 15.0 Å². The first-order valence-electron chi connectivity index (χ1n) is 20.3. The van der Waals surface area contributed by atoms with E-state index in [4.69, 9.17) is 15.0 Å². The largest absolute Gasteiger partial charge is 0.308 e. The zero-order valence-electron chi connectivity index (χ0n) is 32.2. The van der Waals surface area contributed by atoms with Crippen molar-refractivity contribution in [3.63, 3.8) is 0 Å². The minimum Gasteiger partial charge on any atom is -0.308 e. The van der Waals surface area contributed by atoms with Crippen molar-refractivity contribution in [3.05, 3.63) is 194 Å². The van der Waals surface area contributed by atoms with Crippen molar-refractivity contribution in [1.82, 2.24) is 19.4 Å². The second-order valence-electron chi connectivity index (χ2n) is 15.6. The Kier molecular flexibility index (Phi) is 7.14. The molecule has 0 saturated heterocycles. The minimum atomic E-state index is 0.631. The average Bonchev–Trinajstić information content (AvgIpc) is 3.83.